The van der Waals surface area contributed by atoms with E-state index in [-0.39, 0.29) is 29.8 Å². The van der Waals surface area contributed by atoms with Crippen molar-refractivity contribution in [3.63, 3.8) is 0 Å². The Kier molecular flexibility index (Phi) is 5.50. The highest BCUT2D eigenvalue weighted by atomic mass is 19.1. The normalized spacial score (nSPS) is 11.6. The number of anilines is 3. The van der Waals surface area contributed by atoms with Crippen molar-refractivity contribution in [1.82, 2.24) is 9.97 Å². The van der Waals surface area contributed by atoms with Crippen molar-refractivity contribution in [2.24, 2.45) is 5.73 Å². The summed E-state index contributed by atoms with van der Waals surface area (Å²) in [7, 11) is 0. The van der Waals surface area contributed by atoms with Crippen LogP contribution in [0.1, 0.15) is 17.2 Å². The zero-order chi connectivity index (χ0) is 20.9. The predicted molar refractivity (Wildman–Crippen MR) is 116 cm³/mol. The third kappa shape index (κ3) is 4.04. The van der Waals surface area contributed by atoms with Crippen molar-refractivity contribution < 1.29 is 4.39 Å². The van der Waals surface area contributed by atoms with Gasteiger partial charge in [0, 0.05) is 23.8 Å². The number of nitrogens with zero attached hydrogens (tertiary/aromatic N) is 3. The molecule has 4 aromatic rings. The van der Waals surface area contributed by atoms with Gasteiger partial charge in [-0.05, 0) is 35.9 Å². The Balaban J connectivity index is 1.66. The van der Waals surface area contributed by atoms with Gasteiger partial charge in [-0.3, -0.25) is 4.98 Å². The Morgan fingerprint density at radius 2 is 1.87 bits per heavy atom. The molecule has 0 amide bonds. The molecular weight excluding hydrogens is 379 g/mol. The fraction of sp³-hybridized carbons (Fsp3) is 0.0870. The molecule has 0 radical (unpaired) electrons. The van der Waals surface area contributed by atoms with Crippen molar-refractivity contribution in [1.29, 1.82) is 5.26 Å². The monoisotopic (exact) mass is 398 g/mol. The Hall–Kier alpha value is -4.02. The zero-order valence-corrected chi connectivity index (χ0v) is 16.0. The van der Waals surface area contributed by atoms with Crippen LogP contribution in [0.25, 0.3) is 10.9 Å². The zero-order valence-electron chi connectivity index (χ0n) is 16.0. The lowest BCUT2D eigenvalue weighted by molar-refractivity contribution is 0.619. The maximum absolute atomic E-state index is 14.6. The van der Waals surface area contributed by atoms with Gasteiger partial charge in [0.25, 0.3) is 0 Å². The van der Waals surface area contributed by atoms with E-state index in [4.69, 9.17) is 5.73 Å². The quantitative estimate of drug-likeness (QED) is 0.442. The number of aromatic nitrogens is 2. The number of nitrogens with one attached hydrogen (secondary N) is 2. The first-order valence-corrected chi connectivity index (χ1v) is 9.42. The first kappa shape index (κ1) is 19.3. The van der Waals surface area contributed by atoms with Crippen LogP contribution in [0.5, 0.6) is 0 Å². The van der Waals surface area contributed by atoms with Gasteiger partial charge in [-0.1, -0.05) is 36.4 Å². The van der Waals surface area contributed by atoms with Crippen molar-refractivity contribution in [2.45, 2.75) is 6.04 Å². The first-order valence-electron chi connectivity index (χ1n) is 9.42. The van der Waals surface area contributed by atoms with Gasteiger partial charge in [0.15, 0.2) is 17.5 Å². The standard InChI is InChI=1S/C23H19FN6/c24-19-12-17(13-25)22(28-18-8-9-20-16(11-18)7-4-10-27-20)30-23(19)29-21(14-26)15-5-2-1-3-6-15/h1-12,21H,14,26H2,(H2,28,29,30). The van der Waals surface area contributed by atoms with Crippen molar-refractivity contribution in [2.75, 3.05) is 17.2 Å². The fourth-order valence-corrected chi connectivity index (χ4v) is 3.19. The Morgan fingerprint density at radius 3 is 2.63 bits per heavy atom. The summed E-state index contributed by atoms with van der Waals surface area (Å²) in [6, 6.07) is 21.7. The molecule has 0 spiro atoms. The molecule has 0 saturated heterocycles. The van der Waals surface area contributed by atoms with Crippen LogP contribution in [0, 0.1) is 17.1 Å². The SMILES string of the molecule is N#Cc1cc(F)c(NC(CN)c2ccccc2)nc1Nc1ccc2ncccc2c1. The summed E-state index contributed by atoms with van der Waals surface area (Å²) >= 11 is 0. The lowest BCUT2D eigenvalue weighted by atomic mass is 10.1. The molecule has 0 saturated carbocycles. The van der Waals surface area contributed by atoms with Crippen LogP contribution in [0.15, 0.2) is 72.9 Å². The Labute approximate surface area is 173 Å². The fourth-order valence-electron chi connectivity index (χ4n) is 3.19. The largest absolute Gasteiger partial charge is 0.359 e. The smallest absolute Gasteiger partial charge is 0.166 e. The van der Waals surface area contributed by atoms with Crippen LogP contribution >= 0.6 is 0 Å². The molecule has 0 aliphatic carbocycles. The third-order valence-corrected chi connectivity index (χ3v) is 4.71. The summed E-state index contributed by atoms with van der Waals surface area (Å²) in [4.78, 5) is 8.63. The number of fused-ring (bicyclic) bond motifs is 1. The van der Waals surface area contributed by atoms with Crippen LogP contribution in [0.3, 0.4) is 0 Å². The van der Waals surface area contributed by atoms with E-state index >= 15 is 0 Å². The van der Waals surface area contributed by atoms with Gasteiger partial charge in [-0.2, -0.15) is 5.26 Å². The van der Waals surface area contributed by atoms with Crippen LogP contribution in [-0.4, -0.2) is 16.5 Å². The molecule has 4 N–H and O–H groups in total. The highest BCUT2D eigenvalue weighted by Gasteiger charge is 2.16. The van der Waals surface area contributed by atoms with Crippen LogP contribution in [-0.2, 0) is 0 Å². The lowest BCUT2D eigenvalue weighted by Crippen LogP contribution is -2.22. The maximum atomic E-state index is 14.6. The number of nitriles is 1. The van der Waals surface area contributed by atoms with Gasteiger partial charge < -0.3 is 16.4 Å². The van der Waals surface area contributed by atoms with Gasteiger partial charge in [0.1, 0.15) is 6.07 Å². The van der Waals surface area contributed by atoms with Gasteiger partial charge in [0.05, 0.1) is 17.1 Å². The van der Waals surface area contributed by atoms with Crippen molar-refractivity contribution in [3.05, 3.63) is 89.9 Å². The van der Waals surface area contributed by atoms with Gasteiger partial charge in [0.2, 0.25) is 0 Å². The molecular formula is C23H19FN6. The average molecular weight is 398 g/mol. The molecule has 30 heavy (non-hydrogen) atoms. The third-order valence-electron chi connectivity index (χ3n) is 4.71. The van der Waals surface area contributed by atoms with Gasteiger partial charge >= 0.3 is 0 Å². The maximum Gasteiger partial charge on any atom is 0.166 e. The number of hydrogen-bond donors (Lipinski definition) is 3. The number of benzene rings is 2. The summed E-state index contributed by atoms with van der Waals surface area (Å²) in [5.74, 6) is -0.332. The minimum Gasteiger partial charge on any atom is -0.359 e. The highest BCUT2D eigenvalue weighted by Crippen LogP contribution is 2.27. The van der Waals surface area contributed by atoms with E-state index in [1.807, 2.05) is 66.7 Å². The number of hydrogen-bond acceptors (Lipinski definition) is 6. The molecule has 6 nitrogen and oxygen atoms in total. The Morgan fingerprint density at radius 1 is 1.03 bits per heavy atom. The molecule has 2 aromatic carbocycles. The molecule has 0 aliphatic heterocycles. The molecule has 0 aliphatic rings. The molecule has 2 aromatic heterocycles. The second-order valence-electron chi connectivity index (χ2n) is 6.71. The summed E-state index contributed by atoms with van der Waals surface area (Å²) in [6.07, 6.45) is 1.73. The van der Waals surface area contributed by atoms with Crippen molar-refractivity contribution >= 4 is 28.2 Å². The number of pyridine rings is 2. The van der Waals surface area contributed by atoms with E-state index in [0.29, 0.717) is 0 Å². The van der Waals surface area contributed by atoms with E-state index in [1.54, 1.807) is 6.20 Å². The molecule has 1 unspecified atom stereocenters. The molecule has 2 heterocycles. The first-order chi connectivity index (χ1) is 14.7. The van der Waals surface area contributed by atoms with E-state index < -0.39 is 5.82 Å². The van der Waals surface area contributed by atoms with Gasteiger partial charge in [-0.25, -0.2) is 9.37 Å². The summed E-state index contributed by atoms with van der Waals surface area (Å²) < 4.78 is 14.6. The van der Waals surface area contributed by atoms with E-state index in [1.165, 1.54) is 6.07 Å². The van der Waals surface area contributed by atoms with Crippen molar-refractivity contribution in [3.8, 4) is 6.07 Å². The van der Waals surface area contributed by atoms with E-state index in [9.17, 15) is 9.65 Å². The molecule has 148 valence electrons. The predicted octanol–water partition coefficient (Wildman–Crippen LogP) is 4.50. The molecule has 7 heteroatoms. The number of halogens is 1. The topological polar surface area (TPSA) is 99.7 Å². The lowest BCUT2D eigenvalue weighted by Gasteiger charge is -2.19. The molecule has 0 fully saturated rings. The van der Waals surface area contributed by atoms with E-state index in [0.717, 1.165) is 22.2 Å². The number of nitrogens with two attached hydrogens (primary N) is 1. The summed E-state index contributed by atoms with van der Waals surface area (Å²) in [5, 5.41) is 16.5. The second kappa shape index (κ2) is 8.55. The van der Waals surface area contributed by atoms with Gasteiger partial charge in [-0.15, -0.1) is 0 Å². The van der Waals surface area contributed by atoms with Crippen LogP contribution in [0.4, 0.5) is 21.7 Å². The molecule has 1 atom stereocenters. The summed E-state index contributed by atoms with van der Waals surface area (Å²) in [5.41, 5.74) is 8.48. The average Bonchev–Trinajstić information content (AvgIpc) is 2.79. The molecule has 4 rings (SSSR count). The van der Waals surface area contributed by atoms with E-state index in [2.05, 4.69) is 20.6 Å². The minimum atomic E-state index is -0.616. The second-order valence-corrected chi connectivity index (χ2v) is 6.71. The van der Waals surface area contributed by atoms with Crippen LogP contribution in [0.2, 0.25) is 0 Å². The highest BCUT2D eigenvalue weighted by molar-refractivity contribution is 5.83. The Bertz CT molecular complexity index is 1220. The van der Waals surface area contributed by atoms with Crippen LogP contribution < -0.4 is 16.4 Å². The molecule has 0 bridgehead atoms. The minimum absolute atomic E-state index is 0.0262. The number of rotatable bonds is 6. The summed E-state index contributed by atoms with van der Waals surface area (Å²) in [6.45, 7) is 0.256.